The number of aryl methyl sites for hydroxylation is 1. The Labute approximate surface area is 92.5 Å². The lowest BCUT2D eigenvalue weighted by atomic mass is 10.3. The number of alkyl halides is 1. The molecule has 0 radical (unpaired) electrons. The first-order valence-corrected chi connectivity index (χ1v) is 4.99. The molecule has 15 heavy (non-hydrogen) atoms. The van der Waals surface area contributed by atoms with E-state index in [0.29, 0.717) is 17.4 Å². The lowest BCUT2D eigenvalue weighted by Gasteiger charge is -2.02. The van der Waals surface area contributed by atoms with Crippen LogP contribution in [0.3, 0.4) is 0 Å². The van der Waals surface area contributed by atoms with Gasteiger partial charge in [-0.05, 0) is 6.07 Å². The van der Waals surface area contributed by atoms with Crippen LogP contribution in [0.5, 0.6) is 11.5 Å². The summed E-state index contributed by atoms with van der Waals surface area (Å²) in [4.78, 5) is 4.07. The summed E-state index contributed by atoms with van der Waals surface area (Å²) in [5, 5.41) is 4.01. The summed E-state index contributed by atoms with van der Waals surface area (Å²) in [5.41, 5.74) is 0.790. The van der Waals surface area contributed by atoms with Crippen molar-refractivity contribution in [3.63, 3.8) is 0 Å². The third-order valence-electron chi connectivity index (χ3n) is 1.84. The number of nitrogens with zero attached hydrogens (tertiary/aromatic N) is 3. The Morgan fingerprint density at radius 3 is 3.00 bits per heavy atom. The molecular weight excluding hydrogens is 214 g/mol. The van der Waals surface area contributed by atoms with E-state index in [1.807, 2.05) is 7.05 Å². The van der Waals surface area contributed by atoms with Crippen LogP contribution >= 0.6 is 11.6 Å². The van der Waals surface area contributed by atoms with Gasteiger partial charge in [0.1, 0.15) is 5.75 Å². The van der Waals surface area contributed by atoms with E-state index in [4.69, 9.17) is 16.3 Å². The molecule has 0 unspecified atom stereocenters. The van der Waals surface area contributed by atoms with Gasteiger partial charge >= 0.3 is 0 Å². The fourth-order valence-electron chi connectivity index (χ4n) is 1.18. The summed E-state index contributed by atoms with van der Waals surface area (Å²) in [6.07, 6.45) is 5.12. The van der Waals surface area contributed by atoms with Gasteiger partial charge in [-0.3, -0.25) is 9.67 Å². The van der Waals surface area contributed by atoms with Gasteiger partial charge in [-0.25, -0.2) is 0 Å². The molecule has 0 aliphatic rings. The third-order valence-corrected chi connectivity index (χ3v) is 2.12. The van der Waals surface area contributed by atoms with E-state index < -0.39 is 0 Å². The molecule has 0 aromatic carbocycles. The average Bonchev–Trinajstić information content (AvgIpc) is 2.64. The first-order chi connectivity index (χ1) is 7.28. The van der Waals surface area contributed by atoms with E-state index in [9.17, 15) is 0 Å². The summed E-state index contributed by atoms with van der Waals surface area (Å²) in [7, 11) is 1.84. The van der Waals surface area contributed by atoms with Gasteiger partial charge in [0.2, 0.25) is 0 Å². The van der Waals surface area contributed by atoms with Gasteiger partial charge in [-0.15, -0.1) is 11.6 Å². The molecule has 2 aromatic heterocycles. The fraction of sp³-hybridized carbons (Fsp3) is 0.200. The molecule has 2 aromatic rings. The molecular formula is C10H10ClN3O. The third kappa shape index (κ3) is 2.47. The van der Waals surface area contributed by atoms with Gasteiger partial charge in [-0.2, -0.15) is 5.10 Å². The molecule has 4 nitrogen and oxygen atoms in total. The topological polar surface area (TPSA) is 39.9 Å². The van der Waals surface area contributed by atoms with Crippen molar-refractivity contribution in [1.82, 2.24) is 14.8 Å². The maximum absolute atomic E-state index is 5.67. The molecule has 0 atom stereocenters. The van der Waals surface area contributed by atoms with Crippen molar-refractivity contribution in [2.45, 2.75) is 5.88 Å². The average molecular weight is 224 g/mol. The molecule has 0 saturated heterocycles. The Morgan fingerprint density at radius 2 is 2.33 bits per heavy atom. The normalized spacial score (nSPS) is 10.3. The Bertz CT molecular complexity index is 455. The van der Waals surface area contributed by atoms with Gasteiger partial charge in [0.25, 0.3) is 0 Å². The second-order valence-electron chi connectivity index (χ2n) is 3.07. The standard InChI is InChI=1S/C10H10ClN3O/c1-14-7-10(6-13-14)15-9-2-3-12-8(4-9)5-11/h2-4,6-7H,5H2,1H3. The Morgan fingerprint density at radius 1 is 1.47 bits per heavy atom. The van der Waals surface area contributed by atoms with Crippen LogP contribution in [0.25, 0.3) is 0 Å². The summed E-state index contributed by atoms with van der Waals surface area (Å²) in [6.45, 7) is 0. The van der Waals surface area contributed by atoms with Gasteiger partial charge in [0.15, 0.2) is 5.75 Å². The quantitative estimate of drug-likeness (QED) is 0.750. The first-order valence-electron chi connectivity index (χ1n) is 4.45. The van der Waals surface area contributed by atoms with Gasteiger partial charge in [0, 0.05) is 19.3 Å². The van der Waals surface area contributed by atoms with Crippen LogP contribution in [0, 0.1) is 0 Å². The summed E-state index contributed by atoms with van der Waals surface area (Å²) < 4.78 is 7.24. The van der Waals surface area contributed by atoms with Gasteiger partial charge in [-0.1, -0.05) is 0 Å². The first kappa shape index (κ1) is 9.98. The number of ether oxygens (including phenoxy) is 1. The molecule has 2 heterocycles. The number of rotatable bonds is 3. The van der Waals surface area contributed by atoms with Crippen molar-refractivity contribution in [3.8, 4) is 11.5 Å². The lowest BCUT2D eigenvalue weighted by molar-refractivity contribution is 0.480. The number of pyridine rings is 1. The molecule has 0 bridgehead atoms. The minimum atomic E-state index is 0.379. The van der Waals surface area contributed by atoms with Crippen molar-refractivity contribution in [3.05, 3.63) is 36.4 Å². The highest BCUT2D eigenvalue weighted by atomic mass is 35.5. The molecule has 0 amide bonds. The van der Waals surface area contributed by atoms with Crippen LogP contribution in [0.15, 0.2) is 30.7 Å². The molecule has 0 saturated carbocycles. The van der Waals surface area contributed by atoms with Crippen molar-refractivity contribution in [2.75, 3.05) is 0 Å². The Balaban J connectivity index is 2.16. The predicted molar refractivity (Wildman–Crippen MR) is 57.1 cm³/mol. The highest BCUT2D eigenvalue weighted by molar-refractivity contribution is 6.16. The number of hydrogen-bond acceptors (Lipinski definition) is 3. The van der Waals surface area contributed by atoms with Crippen LogP contribution in [0.2, 0.25) is 0 Å². The second kappa shape index (κ2) is 4.31. The molecule has 78 valence electrons. The molecule has 0 spiro atoms. The van der Waals surface area contributed by atoms with Gasteiger partial charge in [0.05, 0.1) is 24.0 Å². The van der Waals surface area contributed by atoms with Crippen LogP contribution in [0.4, 0.5) is 0 Å². The van der Waals surface area contributed by atoms with Crippen molar-refractivity contribution >= 4 is 11.6 Å². The Hall–Kier alpha value is -1.55. The molecule has 0 fully saturated rings. The van der Waals surface area contributed by atoms with Crippen LogP contribution < -0.4 is 4.74 Å². The van der Waals surface area contributed by atoms with E-state index in [-0.39, 0.29) is 0 Å². The largest absolute Gasteiger partial charge is 0.454 e. The van der Waals surface area contributed by atoms with E-state index >= 15 is 0 Å². The zero-order valence-electron chi connectivity index (χ0n) is 8.22. The number of hydrogen-bond donors (Lipinski definition) is 0. The molecule has 2 rings (SSSR count). The number of aromatic nitrogens is 3. The minimum absolute atomic E-state index is 0.379. The SMILES string of the molecule is Cn1cc(Oc2ccnc(CCl)c2)cn1. The predicted octanol–water partition coefficient (Wildman–Crippen LogP) is 2.35. The van der Waals surface area contributed by atoms with E-state index in [1.165, 1.54) is 0 Å². The monoisotopic (exact) mass is 223 g/mol. The second-order valence-corrected chi connectivity index (χ2v) is 3.34. The Kier molecular flexibility index (Phi) is 2.87. The summed E-state index contributed by atoms with van der Waals surface area (Å²) in [5.74, 6) is 1.79. The van der Waals surface area contributed by atoms with Gasteiger partial charge < -0.3 is 4.74 Å². The zero-order chi connectivity index (χ0) is 10.7. The minimum Gasteiger partial charge on any atom is -0.454 e. The van der Waals surface area contributed by atoms with E-state index in [1.54, 1.807) is 35.4 Å². The van der Waals surface area contributed by atoms with Crippen molar-refractivity contribution < 1.29 is 4.74 Å². The number of halogens is 1. The smallest absolute Gasteiger partial charge is 0.165 e. The highest BCUT2D eigenvalue weighted by Crippen LogP contribution is 2.20. The summed E-state index contributed by atoms with van der Waals surface area (Å²) >= 11 is 5.67. The highest BCUT2D eigenvalue weighted by Gasteiger charge is 2.00. The molecule has 5 heteroatoms. The maximum Gasteiger partial charge on any atom is 0.165 e. The van der Waals surface area contributed by atoms with Crippen LogP contribution in [-0.2, 0) is 12.9 Å². The maximum atomic E-state index is 5.67. The molecule has 0 aliphatic carbocycles. The van der Waals surface area contributed by atoms with Crippen molar-refractivity contribution in [1.29, 1.82) is 0 Å². The zero-order valence-corrected chi connectivity index (χ0v) is 8.98. The summed E-state index contributed by atoms with van der Waals surface area (Å²) in [6, 6.07) is 3.59. The van der Waals surface area contributed by atoms with E-state index in [0.717, 1.165) is 5.69 Å². The molecule has 0 N–H and O–H groups in total. The van der Waals surface area contributed by atoms with Crippen LogP contribution in [-0.4, -0.2) is 14.8 Å². The van der Waals surface area contributed by atoms with Crippen LogP contribution in [0.1, 0.15) is 5.69 Å². The molecule has 0 aliphatic heterocycles. The lowest BCUT2D eigenvalue weighted by Crippen LogP contribution is -1.88. The fourth-order valence-corrected chi connectivity index (χ4v) is 1.33. The van der Waals surface area contributed by atoms with E-state index in [2.05, 4.69) is 10.1 Å². The van der Waals surface area contributed by atoms with Crippen molar-refractivity contribution in [2.24, 2.45) is 7.05 Å².